The van der Waals surface area contributed by atoms with Crippen LogP contribution in [0.25, 0.3) is 21.3 Å². The molecule has 0 radical (unpaired) electrons. The first-order valence-electron chi connectivity index (χ1n) is 11.9. The summed E-state index contributed by atoms with van der Waals surface area (Å²) in [7, 11) is 0. The van der Waals surface area contributed by atoms with E-state index in [-0.39, 0.29) is 0 Å². The number of rotatable bonds is 4. The van der Waals surface area contributed by atoms with Gasteiger partial charge < -0.3 is 4.90 Å². The molecule has 1 aliphatic carbocycles. The average Bonchev–Trinajstić information content (AvgIpc) is 3.21. The molecule has 2 fully saturated rings. The number of thiazole rings is 1. The third-order valence-corrected chi connectivity index (χ3v) is 8.56. The van der Waals surface area contributed by atoms with Gasteiger partial charge in [0.2, 0.25) is 5.91 Å². The lowest BCUT2D eigenvalue weighted by Crippen LogP contribution is -2.55. The highest BCUT2D eigenvalue weighted by atomic mass is 32.1. The first kappa shape index (κ1) is 20.3. The molecule has 2 aromatic carbocycles. The number of amides is 1. The smallest absolute Gasteiger partial charge is 0.236 e. The highest BCUT2D eigenvalue weighted by Gasteiger charge is 2.30. The molecule has 3 aliphatic rings. The van der Waals surface area contributed by atoms with Crippen LogP contribution in [0.1, 0.15) is 29.8 Å². The van der Waals surface area contributed by atoms with Gasteiger partial charge in [0.1, 0.15) is 5.01 Å². The van der Waals surface area contributed by atoms with Crippen molar-refractivity contribution in [2.24, 2.45) is 0 Å². The van der Waals surface area contributed by atoms with Crippen LogP contribution < -0.4 is 0 Å². The summed E-state index contributed by atoms with van der Waals surface area (Å²) < 4.78 is 0. The van der Waals surface area contributed by atoms with Crippen molar-refractivity contribution in [1.29, 1.82) is 0 Å². The predicted molar refractivity (Wildman–Crippen MR) is 130 cm³/mol. The van der Waals surface area contributed by atoms with E-state index >= 15 is 0 Å². The van der Waals surface area contributed by atoms with Gasteiger partial charge in [0.05, 0.1) is 12.2 Å². The van der Waals surface area contributed by atoms with Crippen LogP contribution >= 0.6 is 11.3 Å². The van der Waals surface area contributed by atoms with Crippen molar-refractivity contribution >= 4 is 28.0 Å². The van der Waals surface area contributed by atoms with Gasteiger partial charge in [0, 0.05) is 62.2 Å². The summed E-state index contributed by atoms with van der Waals surface area (Å²) in [5.74, 6) is 0.293. The molecule has 0 bridgehead atoms. The summed E-state index contributed by atoms with van der Waals surface area (Å²) in [6.07, 6.45) is 5.00. The zero-order valence-electron chi connectivity index (χ0n) is 18.5. The molecule has 32 heavy (non-hydrogen) atoms. The lowest BCUT2D eigenvalue weighted by atomic mass is 9.91. The van der Waals surface area contributed by atoms with Crippen molar-refractivity contribution in [1.82, 2.24) is 19.7 Å². The van der Waals surface area contributed by atoms with Crippen LogP contribution in [-0.4, -0.2) is 70.9 Å². The number of hydrogen-bond donors (Lipinski definition) is 0. The number of fused-ring (bicyclic) bond motifs is 2. The first-order valence-corrected chi connectivity index (χ1v) is 12.8. The molecule has 1 saturated heterocycles. The Labute approximate surface area is 193 Å². The second-order valence-corrected chi connectivity index (χ2v) is 10.5. The van der Waals surface area contributed by atoms with Gasteiger partial charge in [-0.1, -0.05) is 42.8 Å². The van der Waals surface area contributed by atoms with Crippen LogP contribution in [0.2, 0.25) is 0 Å². The summed E-state index contributed by atoms with van der Waals surface area (Å²) in [5, 5.41) is 3.61. The van der Waals surface area contributed by atoms with Crippen LogP contribution in [0.4, 0.5) is 0 Å². The largest absolute Gasteiger partial charge is 0.339 e. The zero-order chi connectivity index (χ0) is 21.5. The summed E-state index contributed by atoms with van der Waals surface area (Å²) in [5.41, 5.74) is 2.41. The summed E-state index contributed by atoms with van der Waals surface area (Å²) >= 11 is 1.79. The van der Waals surface area contributed by atoms with E-state index in [9.17, 15) is 4.79 Å². The molecule has 3 heterocycles. The Morgan fingerprint density at radius 2 is 1.81 bits per heavy atom. The van der Waals surface area contributed by atoms with Gasteiger partial charge >= 0.3 is 0 Å². The SMILES string of the molecule is O=C(CN1CCc2nc(-c3ccc4ccccc4c3)sc2C1)N1CCN(C2CCC2)CC1. The average molecular weight is 447 g/mol. The molecule has 1 amide bonds. The number of carbonyl (C=O) groups is 1. The van der Waals surface area contributed by atoms with E-state index in [1.807, 2.05) is 0 Å². The summed E-state index contributed by atoms with van der Waals surface area (Å²) in [4.78, 5) is 26.2. The van der Waals surface area contributed by atoms with E-state index in [1.165, 1.54) is 46.2 Å². The molecule has 0 N–H and O–H groups in total. The standard InChI is InChI=1S/C26H30N4OS/c31-25(30-14-12-29(13-15-30)22-6-3-7-22)18-28-11-10-23-24(17-28)32-26(27-23)21-9-8-19-4-1-2-5-20(19)16-21/h1-2,4-5,8-9,16,22H,3,6-7,10-15,17-18H2. The highest BCUT2D eigenvalue weighted by molar-refractivity contribution is 7.15. The molecule has 0 unspecified atom stereocenters. The maximum Gasteiger partial charge on any atom is 0.236 e. The molecule has 2 aliphatic heterocycles. The second kappa shape index (κ2) is 8.58. The Morgan fingerprint density at radius 3 is 2.59 bits per heavy atom. The summed E-state index contributed by atoms with van der Waals surface area (Å²) in [6, 6.07) is 15.9. The molecule has 1 aromatic heterocycles. The lowest BCUT2D eigenvalue weighted by Gasteiger charge is -2.43. The third kappa shape index (κ3) is 3.96. The molecule has 166 valence electrons. The first-order chi connectivity index (χ1) is 15.7. The van der Waals surface area contributed by atoms with E-state index in [4.69, 9.17) is 4.98 Å². The Bertz CT molecular complexity index is 1130. The van der Waals surface area contributed by atoms with Gasteiger partial charge in [-0.3, -0.25) is 14.6 Å². The van der Waals surface area contributed by atoms with Crippen LogP contribution in [0.5, 0.6) is 0 Å². The monoisotopic (exact) mass is 446 g/mol. The number of carbonyl (C=O) groups excluding carboxylic acids is 1. The van der Waals surface area contributed by atoms with Gasteiger partial charge in [-0.05, 0) is 29.7 Å². The molecule has 6 heteroatoms. The highest BCUT2D eigenvalue weighted by Crippen LogP contribution is 2.33. The predicted octanol–water partition coefficient (Wildman–Crippen LogP) is 4.02. The van der Waals surface area contributed by atoms with E-state index in [0.29, 0.717) is 12.5 Å². The van der Waals surface area contributed by atoms with Crippen LogP contribution in [0.3, 0.4) is 0 Å². The second-order valence-electron chi connectivity index (χ2n) is 9.41. The van der Waals surface area contributed by atoms with E-state index in [0.717, 1.165) is 56.7 Å². The fraction of sp³-hybridized carbons (Fsp3) is 0.462. The Kier molecular flexibility index (Phi) is 5.45. The quantitative estimate of drug-likeness (QED) is 0.607. The minimum absolute atomic E-state index is 0.293. The van der Waals surface area contributed by atoms with Crippen molar-refractivity contribution in [2.45, 2.75) is 38.3 Å². The van der Waals surface area contributed by atoms with Gasteiger partial charge in [-0.15, -0.1) is 11.3 Å². The number of benzene rings is 2. The summed E-state index contributed by atoms with van der Waals surface area (Å²) in [6.45, 7) is 6.17. The van der Waals surface area contributed by atoms with Crippen LogP contribution in [-0.2, 0) is 17.8 Å². The van der Waals surface area contributed by atoms with E-state index in [1.54, 1.807) is 11.3 Å². The molecule has 0 atom stereocenters. The zero-order valence-corrected chi connectivity index (χ0v) is 19.3. The molecular weight excluding hydrogens is 416 g/mol. The Balaban J connectivity index is 1.09. The van der Waals surface area contributed by atoms with Crippen molar-refractivity contribution in [3.63, 3.8) is 0 Å². The van der Waals surface area contributed by atoms with E-state index in [2.05, 4.69) is 57.2 Å². The topological polar surface area (TPSA) is 39.7 Å². The lowest BCUT2D eigenvalue weighted by molar-refractivity contribution is -0.135. The Hall–Kier alpha value is -2.28. The van der Waals surface area contributed by atoms with Gasteiger partial charge in [-0.25, -0.2) is 4.98 Å². The van der Waals surface area contributed by atoms with Crippen molar-refractivity contribution in [3.8, 4) is 10.6 Å². The number of aromatic nitrogens is 1. The molecule has 1 saturated carbocycles. The maximum absolute atomic E-state index is 12.9. The van der Waals surface area contributed by atoms with Gasteiger partial charge in [-0.2, -0.15) is 0 Å². The van der Waals surface area contributed by atoms with Crippen molar-refractivity contribution in [2.75, 3.05) is 39.3 Å². The Morgan fingerprint density at radius 1 is 1.00 bits per heavy atom. The number of hydrogen-bond acceptors (Lipinski definition) is 5. The van der Waals surface area contributed by atoms with Crippen LogP contribution in [0.15, 0.2) is 42.5 Å². The fourth-order valence-electron chi connectivity index (χ4n) is 5.21. The third-order valence-electron chi connectivity index (χ3n) is 7.42. The maximum atomic E-state index is 12.9. The van der Waals surface area contributed by atoms with Gasteiger partial charge in [0.15, 0.2) is 0 Å². The van der Waals surface area contributed by atoms with Gasteiger partial charge in [0.25, 0.3) is 0 Å². The number of piperazine rings is 1. The molecule has 3 aromatic rings. The van der Waals surface area contributed by atoms with Crippen molar-refractivity contribution < 1.29 is 4.79 Å². The minimum Gasteiger partial charge on any atom is -0.339 e. The van der Waals surface area contributed by atoms with Crippen molar-refractivity contribution in [3.05, 3.63) is 53.0 Å². The molecule has 6 rings (SSSR count). The number of nitrogens with zero attached hydrogens (tertiary/aromatic N) is 4. The minimum atomic E-state index is 0.293. The fourth-order valence-corrected chi connectivity index (χ4v) is 6.36. The molecule has 5 nitrogen and oxygen atoms in total. The normalized spacial score (nSPS) is 20.3. The van der Waals surface area contributed by atoms with E-state index < -0.39 is 0 Å². The molecular formula is C26H30N4OS. The molecule has 0 spiro atoms. The van der Waals surface area contributed by atoms with Crippen LogP contribution in [0, 0.1) is 0 Å².